The summed E-state index contributed by atoms with van der Waals surface area (Å²) < 4.78 is 34.0. The summed E-state index contributed by atoms with van der Waals surface area (Å²) in [5.74, 6) is 0.123. The Kier molecular flexibility index (Phi) is 10.9. The summed E-state index contributed by atoms with van der Waals surface area (Å²) in [6, 6.07) is 20.9. The van der Waals surface area contributed by atoms with Crippen molar-refractivity contribution in [1.29, 1.82) is 0 Å². The van der Waals surface area contributed by atoms with E-state index in [1.54, 1.807) is 30.3 Å². The van der Waals surface area contributed by atoms with Crippen LogP contribution in [0, 0.1) is 13.8 Å². The summed E-state index contributed by atoms with van der Waals surface area (Å²) in [5, 5.41) is 4.08. The molecule has 0 saturated heterocycles. The van der Waals surface area contributed by atoms with Crippen LogP contribution in [0.15, 0.2) is 82.8 Å². The molecule has 1 N–H and O–H groups in total. The van der Waals surface area contributed by atoms with Crippen molar-refractivity contribution in [3.05, 3.63) is 89.5 Å². The van der Waals surface area contributed by atoms with Gasteiger partial charge in [0.05, 0.1) is 23.4 Å². The number of ether oxygens (including phenoxy) is 1. The fourth-order valence-electron chi connectivity index (χ4n) is 3.86. The molecule has 0 fully saturated rings. The van der Waals surface area contributed by atoms with E-state index >= 15 is 0 Å². The van der Waals surface area contributed by atoms with E-state index in [0.717, 1.165) is 33.8 Å². The standard InChI is InChI=1S/C30H37N3O4S/c1-4-5-6-7-13-20-37-29-17-12-11-14-26(29)22-31-32-30(34)23-33(27-19-18-24(2)25(3)21-27)38(35,36)28-15-9-8-10-16-28/h8-12,14-19,21-22H,4-7,13,20,23H2,1-3H3,(H,32,34)/b31-22-. The molecule has 3 aromatic rings. The molecule has 8 heteroatoms. The largest absolute Gasteiger partial charge is 0.493 e. The van der Waals surface area contributed by atoms with E-state index in [1.807, 2.05) is 44.2 Å². The molecule has 0 unspecified atom stereocenters. The molecule has 38 heavy (non-hydrogen) atoms. The van der Waals surface area contributed by atoms with Crippen molar-refractivity contribution in [3.8, 4) is 5.75 Å². The molecule has 1 amide bonds. The first kappa shape index (κ1) is 28.9. The molecule has 0 aliphatic rings. The number of hydrogen-bond donors (Lipinski definition) is 1. The number of carbonyl (C=O) groups is 1. The highest BCUT2D eigenvalue weighted by Gasteiger charge is 2.27. The summed E-state index contributed by atoms with van der Waals surface area (Å²) in [6.45, 7) is 6.23. The number of rotatable bonds is 14. The smallest absolute Gasteiger partial charge is 0.264 e. The fraction of sp³-hybridized carbons (Fsp3) is 0.333. The molecule has 0 saturated carbocycles. The molecule has 0 aromatic heterocycles. The minimum atomic E-state index is -3.98. The topological polar surface area (TPSA) is 88.1 Å². The minimum Gasteiger partial charge on any atom is -0.493 e. The first-order valence-electron chi connectivity index (χ1n) is 13.0. The van der Waals surface area contributed by atoms with Crippen LogP contribution in [0.2, 0.25) is 0 Å². The van der Waals surface area contributed by atoms with Gasteiger partial charge in [-0.15, -0.1) is 0 Å². The molecule has 0 aliphatic heterocycles. The molecule has 0 aliphatic carbocycles. The van der Waals surface area contributed by atoms with Crippen LogP contribution in [-0.4, -0.2) is 33.7 Å². The normalized spacial score (nSPS) is 11.4. The van der Waals surface area contributed by atoms with Crippen molar-refractivity contribution in [1.82, 2.24) is 5.43 Å². The molecule has 0 atom stereocenters. The van der Waals surface area contributed by atoms with Gasteiger partial charge in [-0.1, -0.05) is 69.0 Å². The second kappa shape index (κ2) is 14.3. The van der Waals surface area contributed by atoms with Crippen molar-refractivity contribution in [3.63, 3.8) is 0 Å². The third kappa shape index (κ3) is 8.18. The minimum absolute atomic E-state index is 0.107. The van der Waals surface area contributed by atoms with E-state index < -0.39 is 22.5 Å². The predicted molar refractivity (Wildman–Crippen MR) is 153 cm³/mol. The fourth-order valence-corrected chi connectivity index (χ4v) is 5.30. The summed E-state index contributed by atoms with van der Waals surface area (Å²) in [7, 11) is -3.98. The highest BCUT2D eigenvalue weighted by atomic mass is 32.2. The highest BCUT2D eigenvalue weighted by Crippen LogP contribution is 2.25. The third-order valence-corrected chi connectivity index (χ3v) is 8.00. The van der Waals surface area contributed by atoms with Gasteiger partial charge in [0.1, 0.15) is 12.3 Å². The lowest BCUT2D eigenvalue weighted by atomic mass is 10.1. The molecule has 0 radical (unpaired) electrons. The van der Waals surface area contributed by atoms with Crippen LogP contribution >= 0.6 is 0 Å². The Morgan fingerprint density at radius 1 is 0.921 bits per heavy atom. The van der Waals surface area contributed by atoms with Crippen LogP contribution in [0.3, 0.4) is 0 Å². The highest BCUT2D eigenvalue weighted by molar-refractivity contribution is 7.92. The number of hydrazone groups is 1. The van der Waals surface area contributed by atoms with E-state index in [0.29, 0.717) is 18.0 Å². The van der Waals surface area contributed by atoms with Crippen molar-refractivity contribution >= 4 is 27.8 Å². The third-order valence-electron chi connectivity index (χ3n) is 6.21. The number of sulfonamides is 1. The average molecular weight is 536 g/mol. The number of carbonyl (C=O) groups excluding carboxylic acids is 1. The van der Waals surface area contributed by atoms with E-state index in [1.165, 1.54) is 37.6 Å². The van der Waals surface area contributed by atoms with Crippen LogP contribution in [0.25, 0.3) is 0 Å². The van der Waals surface area contributed by atoms with E-state index in [4.69, 9.17) is 4.74 Å². The Morgan fingerprint density at radius 2 is 1.63 bits per heavy atom. The molecular weight excluding hydrogens is 498 g/mol. The number of benzene rings is 3. The number of nitrogens with one attached hydrogen (secondary N) is 1. The maximum Gasteiger partial charge on any atom is 0.264 e. The number of hydrogen-bond acceptors (Lipinski definition) is 5. The number of nitrogens with zero attached hydrogens (tertiary/aromatic N) is 2. The predicted octanol–water partition coefficient (Wildman–Crippen LogP) is 6.00. The number of unbranched alkanes of at least 4 members (excludes halogenated alkanes) is 4. The second-order valence-corrected chi connectivity index (χ2v) is 11.0. The van der Waals surface area contributed by atoms with Gasteiger partial charge in [0, 0.05) is 5.56 Å². The first-order valence-corrected chi connectivity index (χ1v) is 14.5. The van der Waals surface area contributed by atoms with Gasteiger partial charge in [-0.3, -0.25) is 9.10 Å². The monoisotopic (exact) mass is 535 g/mol. The molecule has 3 rings (SSSR count). The number of anilines is 1. The molecule has 0 bridgehead atoms. The summed E-state index contributed by atoms with van der Waals surface area (Å²) in [4.78, 5) is 13.0. The van der Waals surface area contributed by atoms with Gasteiger partial charge in [0.15, 0.2) is 0 Å². The maximum atomic E-state index is 13.5. The zero-order chi connectivity index (χ0) is 27.4. The summed E-state index contributed by atoms with van der Waals surface area (Å²) in [5.41, 5.74) is 5.56. The van der Waals surface area contributed by atoms with Gasteiger partial charge in [-0.2, -0.15) is 5.10 Å². The first-order chi connectivity index (χ1) is 18.3. The lowest BCUT2D eigenvalue weighted by molar-refractivity contribution is -0.119. The average Bonchev–Trinajstić information content (AvgIpc) is 2.92. The van der Waals surface area contributed by atoms with Crippen LogP contribution in [0.5, 0.6) is 5.75 Å². The zero-order valence-corrected chi connectivity index (χ0v) is 23.2. The zero-order valence-electron chi connectivity index (χ0n) is 22.4. The van der Waals surface area contributed by atoms with Gasteiger partial charge < -0.3 is 4.74 Å². The van der Waals surface area contributed by atoms with Gasteiger partial charge in [0.2, 0.25) is 0 Å². The molecular formula is C30H37N3O4S. The van der Waals surface area contributed by atoms with Crippen molar-refractivity contribution in [2.45, 2.75) is 57.8 Å². The Morgan fingerprint density at radius 3 is 2.37 bits per heavy atom. The summed E-state index contributed by atoms with van der Waals surface area (Å²) in [6.07, 6.45) is 7.25. The van der Waals surface area contributed by atoms with E-state index in [-0.39, 0.29) is 4.90 Å². The second-order valence-electron chi connectivity index (χ2n) is 9.19. The molecule has 0 heterocycles. The molecule has 3 aromatic carbocycles. The Bertz CT molecular complexity index is 1320. The van der Waals surface area contributed by atoms with Crippen LogP contribution < -0.4 is 14.5 Å². The quantitative estimate of drug-likeness (QED) is 0.156. The van der Waals surface area contributed by atoms with Gasteiger partial charge in [-0.25, -0.2) is 13.8 Å². The Balaban J connectivity index is 1.70. The van der Waals surface area contributed by atoms with Gasteiger partial charge >= 0.3 is 0 Å². The Hall–Kier alpha value is -3.65. The van der Waals surface area contributed by atoms with E-state index in [2.05, 4.69) is 17.5 Å². The van der Waals surface area contributed by atoms with Crippen LogP contribution in [0.1, 0.15) is 55.7 Å². The van der Waals surface area contributed by atoms with Gasteiger partial charge in [-0.05, 0) is 67.8 Å². The van der Waals surface area contributed by atoms with Crippen molar-refractivity contribution < 1.29 is 17.9 Å². The maximum absolute atomic E-state index is 13.5. The number of amides is 1. The number of para-hydroxylation sites is 1. The van der Waals surface area contributed by atoms with Crippen molar-refractivity contribution in [2.24, 2.45) is 5.10 Å². The molecule has 0 spiro atoms. The van der Waals surface area contributed by atoms with Crippen molar-refractivity contribution in [2.75, 3.05) is 17.5 Å². The van der Waals surface area contributed by atoms with Gasteiger partial charge in [0.25, 0.3) is 15.9 Å². The SMILES string of the molecule is CCCCCCCOc1ccccc1/C=N\NC(=O)CN(c1ccc(C)c(C)c1)S(=O)(=O)c1ccccc1. The molecule has 7 nitrogen and oxygen atoms in total. The number of aryl methyl sites for hydroxylation is 2. The lowest BCUT2D eigenvalue weighted by Gasteiger charge is -2.24. The van der Waals surface area contributed by atoms with Crippen LogP contribution in [0.4, 0.5) is 5.69 Å². The van der Waals surface area contributed by atoms with E-state index in [9.17, 15) is 13.2 Å². The van der Waals surface area contributed by atoms with Crippen LogP contribution in [-0.2, 0) is 14.8 Å². The Labute approximate surface area is 226 Å². The summed E-state index contributed by atoms with van der Waals surface area (Å²) >= 11 is 0. The lowest BCUT2D eigenvalue weighted by Crippen LogP contribution is -2.39. The molecule has 202 valence electrons.